The van der Waals surface area contributed by atoms with E-state index in [2.05, 4.69) is 0 Å². The molecule has 0 aromatic heterocycles. The van der Waals surface area contributed by atoms with Crippen LogP contribution in [0.4, 0.5) is 0 Å². The number of nitrogens with zero attached hydrogens (tertiary/aromatic N) is 1. The monoisotopic (exact) mass is 209 g/mol. The molecule has 0 aromatic rings. The van der Waals surface area contributed by atoms with Gasteiger partial charge < -0.3 is 4.90 Å². The van der Waals surface area contributed by atoms with E-state index in [1.165, 1.54) is 6.42 Å². The predicted octanol–water partition coefficient (Wildman–Crippen LogP) is 1.76. The summed E-state index contributed by atoms with van der Waals surface area (Å²) in [5.74, 6) is 0.517. The van der Waals surface area contributed by atoms with Gasteiger partial charge in [0.05, 0.1) is 0 Å². The standard InChI is InChI=1S/C12H19NO2/c14-11-6-4-5-10(9-11)12(15)13-7-2-1-3-8-13/h10H,1-9H2. The van der Waals surface area contributed by atoms with Gasteiger partial charge in [-0.05, 0) is 32.1 Å². The fourth-order valence-corrected chi connectivity index (χ4v) is 2.61. The summed E-state index contributed by atoms with van der Waals surface area (Å²) in [5.41, 5.74) is 0. The Hall–Kier alpha value is -0.860. The number of carbonyl (C=O) groups excluding carboxylic acids is 2. The van der Waals surface area contributed by atoms with Crippen LogP contribution in [-0.2, 0) is 9.59 Å². The van der Waals surface area contributed by atoms with Crippen molar-refractivity contribution in [1.82, 2.24) is 4.90 Å². The maximum Gasteiger partial charge on any atom is 0.226 e. The Morgan fingerprint density at radius 2 is 1.87 bits per heavy atom. The molecule has 1 amide bonds. The fourth-order valence-electron chi connectivity index (χ4n) is 2.61. The van der Waals surface area contributed by atoms with E-state index in [0.29, 0.717) is 12.8 Å². The number of likely N-dealkylation sites (tertiary alicyclic amines) is 1. The van der Waals surface area contributed by atoms with Crippen LogP contribution in [0.25, 0.3) is 0 Å². The van der Waals surface area contributed by atoms with Crippen molar-refractivity contribution in [3.05, 3.63) is 0 Å². The maximum absolute atomic E-state index is 12.1. The third-order valence-corrected chi connectivity index (χ3v) is 3.50. The van der Waals surface area contributed by atoms with Crippen LogP contribution in [0.15, 0.2) is 0 Å². The summed E-state index contributed by atoms with van der Waals surface area (Å²) in [6, 6.07) is 0. The molecule has 1 unspecified atom stereocenters. The third kappa shape index (κ3) is 2.58. The molecule has 0 radical (unpaired) electrons. The lowest BCUT2D eigenvalue weighted by Gasteiger charge is -2.31. The Labute approximate surface area is 90.8 Å². The zero-order valence-electron chi connectivity index (χ0n) is 9.21. The Morgan fingerprint density at radius 3 is 2.53 bits per heavy atom. The lowest BCUT2D eigenvalue weighted by Crippen LogP contribution is -2.41. The molecule has 1 atom stereocenters. The number of Topliss-reactive ketones (excluding diaryl/α,β-unsaturated/α-hetero) is 1. The first-order chi connectivity index (χ1) is 7.27. The van der Waals surface area contributed by atoms with Crippen molar-refractivity contribution in [3.63, 3.8) is 0 Å². The highest BCUT2D eigenvalue weighted by Gasteiger charge is 2.29. The van der Waals surface area contributed by atoms with Gasteiger partial charge in [-0.3, -0.25) is 9.59 Å². The molecule has 0 aromatic carbocycles. The Balaban J connectivity index is 1.90. The van der Waals surface area contributed by atoms with E-state index in [-0.39, 0.29) is 17.6 Å². The smallest absolute Gasteiger partial charge is 0.226 e. The lowest BCUT2D eigenvalue weighted by molar-refractivity contribution is -0.140. The van der Waals surface area contributed by atoms with E-state index in [1.54, 1.807) is 0 Å². The van der Waals surface area contributed by atoms with Crippen molar-refractivity contribution in [2.24, 2.45) is 5.92 Å². The summed E-state index contributed by atoms with van der Waals surface area (Å²) in [6.07, 6.45) is 6.51. The highest BCUT2D eigenvalue weighted by Crippen LogP contribution is 2.24. The molecule has 1 aliphatic carbocycles. The van der Waals surface area contributed by atoms with Crippen LogP contribution < -0.4 is 0 Å². The summed E-state index contributed by atoms with van der Waals surface area (Å²) in [5, 5.41) is 0. The molecule has 1 aliphatic heterocycles. The van der Waals surface area contributed by atoms with Gasteiger partial charge in [0.25, 0.3) is 0 Å². The van der Waals surface area contributed by atoms with Gasteiger partial charge in [-0.1, -0.05) is 0 Å². The average molecular weight is 209 g/mol. The molecule has 2 aliphatic rings. The van der Waals surface area contributed by atoms with Gasteiger partial charge in [0, 0.05) is 31.8 Å². The number of rotatable bonds is 1. The van der Waals surface area contributed by atoms with Crippen molar-refractivity contribution in [3.8, 4) is 0 Å². The van der Waals surface area contributed by atoms with Crippen LogP contribution in [-0.4, -0.2) is 29.7 Å². The summed E-state index contributed by atoms with van der Waals surface area (Å²) in [7, 11) is 0. The Bertz CT molecular complexity index is 256. The van der Waals surface area contributed by atoms with Gasteiger partial charge in [-0.2, -0.15) is 0 Å². The summed E-state index contributed by atoms with van der Waals surface area (Å²) >= 11 is 0. The molecule has 3 heteroatoms. The predicted molar refractivity (Wildman–Crippen MR) is 57.4 cm³/mol. The van der Waals surface area contributed by atoms with Crippen LogP contribution in [0.5, 0.6) is 0 Å². The van der Waals surface area contributed by atoms with Crippen LogP contribution in [0.3, 0.4) is 0 Å². The Morgan fingerprint density at radius 1 is 1.13 bits per heavy atom. The van der Waals surface area contributed by atoms with Crippen LogP contribution in [0.2, 0.25) is 0 Å². The zero-order valence-corrected chi connectivity index (χ0v) is 9.21. The van der Waals surface area contributed by atoms with Crippen LogP contribution in [0.1, 0.15) is 44.9 Å². The number of hydrogen-bond donors (Lipinski definition) is 0. The molecule has 84 valence electrons. The molecular weight excluding hydrogens is 190 g/mol. The highest BCUT2D eigenvalue weighted by molar-refractivity contribution is 5.87. The first-order valence-electron chi connectivity index (χ1n) is 6.08. The van der Waals surface area contributed by atoms with Gasteiger partial charge in [-0.15, -0.1) is 0 Å². The molecule has 15 heavy (non-hydrogen) atoms. The van der Waals surface area contributed by atoms with Crippen LogP contribution >= 0.6 is 0 Å². The minimum absolute atomic E-state index is 0.00403. The molecule has 3 nitrogen and oxygen atoms in total. The van der Waals surface area contributed by atoms with Gasteiger partial charge in [-0.25, -0.2) is 0 Å². The number of amides is 1. The highest BCUT2D eigenvalue weighted by atomic mass is 16.2. The molecule has 0 bridgehead atoms. The van der Waals surface area contributed by atoms with E-state index in [9.17, 15) is 9.59 Å². The molecule has 1 heterocycles. The number of hydrogen-bond acceptors (Lipinski definition) is 2. The molecule has 0 N–H and O–H groups in total. The summed E-state index contributed by atoms with van der Waals surface area (Å²) < 4.78 is 0. The molecule has 2 rings (SSSR count). The van der Waals surface area contributed by atoms with Crippen molar-refractivity contribution >= 4 is 11.7 Å². The average Bonchev–Trinajstić information content (AvgIpc) is 2.29. The van der Waals surface area contributed by atoms with Gasteiger partial charge >= 0.3 is 0 Å². The fraction of sp³-hybridized carbons (Fsp3) is 0.833. The number of ketones is 1. The molecular formula is C12H19NO2. The van der Waals surface area contributed by atoms with Crippen molar-refractivity contribution in [1.29, 1.82) is 0 Å². The molecule has 1 saturated carbocycles. The topological polar surface area (TPSA) is 37.4 Å². The number of carbonyl (C=O) groups is 2. The van der Waals surface area contributed by atoms with E-state index in [4.69, 9.17) is 0 Å². The van der Waals surface area contributed by atoms with Gasteiger partial charge in [0.2, 0.25) is 5.91 Å². The van der Waals surface area contributed by atoms with Crippen molar-refractivity contribution in [2.45, 2.75) is 44.9 Å². The number of piperidine rings is 1. The second-order valence-electron chi connectivity index (χ2n) is 4.72. The zero-order chi connectivity index (χ0) is 10.7. The minimum Gasteiger partial charge on any atom is -0.342 e. The van der Waals surface area contributed by atoms with Crippen molar-refractivity contribution in [2.75, 3.05) is 13.1 Å². The largest absolute Gasteiger partial charge is 0.342 e. The molecule has 1 saturated heterocycles. The quantitative estimate of drug-likeness (QED) is 0.660. The van der Waals surface area contributed by atoms with Crippen LogP contribution in [0, 0.1) is 5.92 Å². The first-order valence-corrected chi connectivity index (χ1v) is 6.08. The summed E-state index contributed by atoms with van der Waals surface area (Å²) in [6.45, 7) is 1.81. The minimum atomic E-state index is 0.00403. The molecule has 2 fully saturated rings. The van der Waals surface area contributed by atoms with Gasteiger partial charge in [0.15, 0.2) is 0 Å². The molecule has 0 spiro atoms. The lowest BCUT2D eigenvalue weighted by atomic mass is 9.87. The van der Waals surface area contributed by atoms with E-state index >= 15 is 0 Å². The van der Waals surface area contributed by atoms with E-state index in [1.807, 2.05) is 4.90 Å². The van der Waals surface area contributed by atoms with Crippen molar-refractivity contribution < 1.29 is 9.59 Å². The summed E-state index contributed by atoms with van der Waals surface area (Å²) in [4.78, 5) is 25.3. The SMILES string of the molecule is O=C1CCCC(C(=O)N2CCCCC2)C1. The van der Waals surface area contributed by atoms with E-state index in [0.717, 1.165) is 38.8 Å². The first kappa shape index (κ1) is 10.7. The van der Waals surface area contributed by atoms with Gasteiger partial charge in [0.1, 0.15) is 5.78 Å². The third-order valence-electron chi connectivity index (χ3n) is 3.50. The second-order valence-corrected chi connectivity index (χ2v) is 4.72. The second kappa shape index (κ2) is 4.77. The normalized spacial score (nSPS) is 27.9. The maximum atomic E-state index is 12.1. The van der Waals surface area contributed by atoms with E-state index < -0.39 is 0 Å². The Kier molecular flexibility index (Phi) is 3.39.